The largest absolute Gasteiger partial charge is 0.465 e. The van der Waals surface area contributed by atoms with Crippen LogP contribution in [0, 0.1) is 6.92 Å². The SMILES string of the molecule is COCCCOC(=O)c1c(-c2ccccc2)c(C(=O)OC)c(C)n1C. The number of hydrogen-bond acceptors (Lipinski definition) is 5. The zero-order chi connectivity index (χ0) is 18.4. The van der Waals surface area contributed by atoms with E-state index in [0.717, 1.165) is 5.56 Å². The summed E-state index contributed by atoms with van der Waals surface area (Å²) in [5.41, 5.74) is 2.65. The lowest BCUT2D eigenvalue weighted by Gasteiger charge is -2.09. The molecule has 6 nitrogen and oxygen atoms in total. The quantitative estimate of drug-likeness (QED) is 0.570. The standard InChI is InChI=1S/C19H23NO5/c1-13-15(18(21)24-4)16(14-9-6-5-7-10-14)17(20(13)2)19(22)25-12-8-11-23-3/h5-7,9-10H,8,11-12H2,1-4H3. The van der Waals surface area contributed by atoms with Crippen molar-refractivity contribution in [3.8, 4) is 11.1 Å². The number of aromatic nitrogens is 1. The molecule has 0 fully saturated rings. The molecule has 2 aromatic rings. The maximum Gasteiger partial charge on any atom is 0.355 e. The number of ether oxygens (including phenoxy) is 3. The number of methoxy groups -OCH3 is 2. The van der Waals surface area contributed by atoms with Crippen LogP contribution in [0.25, 0.3) is 11.1 Å². The molecule has 0 atom stereocenters. The van der Waals surface area contributed by atoms with Gasteiger partial charge in [0, 0.05) is 38.4 Å². The van der Waals surface area contributed by atoms with Crippen LogP contribution >= 0.6 is 0 Å². The van der Waals surface area contributed by atoms with Gasteiger partial charge in [0.05, 0.1) is 19.3 Å². The van der Waals surface area contributed by atoms with Crippen LogP contribution in [0.4, 0.5) is 0 Å². The van der Waals surface area contributed by atoms with Crippen molar-refractivity contribution in [1.29, 1.82) is 0 Å². The molecule has 0 N–H and O–H groups in total. The van der Waals surface area contributed by atoms with E-state index in [1.165, 1.54) is 7.11 Å². The first-order chi connectivity index (χ1) is 12.0. The second kappa shape index (κ2) is 8.48. The summed E-state index contributed by atoms with van der Waals surface area (Å²) >= 11 is 0. The van der Waals surface area contributed by atoms with E-state index in [4.69, 9.17) is 14.2 Å². The molecule has 0 radical (unpaired) electrons. The van der Waals surface area contributed by atoms with Crippen LogP contribution in [0.15, 0.2) is 30.3 Å². The molecule has 0 spiro atoms. The first kappa shape index (κ1) is 18.7. The smallest absolute Gasteiger partial charge is 0.355 e. The summed E-state index contributed by atoms with van der Waals surface area (Å²) in [5.74, 6) is -0.957. The van der Waals surface area contributed by atoms with Crippen molar-refractivity contribution in [2.75, 3.05) is 27.4 Å². The van der Waals surface area contributed by atoms with Crippen LogP contribution in [0.5, 0.6) is 0 Å². The van der Waals surface area contributed by atoms with Crippen molar-refractivity contribution in [3.63, 3.8) is 0 Å². The maximum atomic E-state index is 12.7. The monoisotopic (exact) mass is 345 g/mol. The lowest BCUT2D eigenvalue weighted by molar-refractivity contribution is 0.0458. The lowest BCUT2D eigenvalue weighted by Crippen LogP contribution is -2.13. The molecule has 1 aromatic carbocycles. The molecule has 25 heavy (non-hydrogen) atoms. The van der Waals surface area contributed by atoms with Crippen LogP contribution in [0.2, 0.25) is 0 Å². The Morgan fingerprint density at radius 2 is 1.72 bits per heavy atom. The molecule has 1 heterocycles. The molecule has 1 aromatic heterocycles. The number of esters is 2. The average molecular weight is 345 g/mol. The average Bonchev–Trinajstić information content (AvgIpc) is 2.90. The second-order valence-electron chi connectivity index (χ2n) is 5.58. The first-order valence-corrected chi connectivity index (χ1v) is 8.02. The molecule has 0 unspecified atom stereocenters. The highest BCUT2D eigenvalue weighted by atomic mass is 16.5. The molecule has 0 amide bonds. The number of nitrogens with zero attached hydrogens (tertiary/aromatic N) is 1. The molecule has 0 saturated heterocycles. The van der Waals surface area contributed by atoms with Crippen LogP contribution in [-0.2, 0) is 21.3 Å². The molecule has 2 rings (SSSR count). The molecule has 0 saturated carbocycles. The zero-order valence-corrected chi connectivity index (χ0v) is 15.0. The molecule has 0 aliphatic carbocycles. The number of carbonyl (C=O) groups excluding carboxylic acids is 2. The van der Waals surface area contributed by atoms with Gasteiger partial charge in [0.2, 0.25) is 0 Å². The fraction of sp³-hybridized carbons (Fsp3) is 0.368. The van der Waals surface area contributed by atoms with Gasteiger partial charge in [0.15, 0.2) is 0 Å². The lowest BCUT2D eigenvalue weighted by atomic mass is 10.00. The predicted molar refractivity (Wildman–Crippen MR) is 93.7 cm³/mol. The Bertz CT molecular complexity index is 749. The molecular weight excluding hydrogens is 322 g/mol. The molecule has 0 aliphatic heterocycles. The summed E-state index contributed by atoms with van der Waals surface area (Å²) in [4.78, 5) is 25.0. The summed E-state index contributed by atoms with van der Waals surface area (Å²) < 4.78 is 16.9. The Morgan fingerprint density at radius 1 is 1.04 bits per heavy atom. The van der Waals surface area contributed by atoms with E-state index in [0.29, 0.717) is 35.5 Å². The number of hydrogen-bond donors (Lipinski definition) is 0. The van der Waals surface area contributed by atoms with Gasteiger partial charge in [-0.15, -0.1) is 0 Å². The Hall–Kier alpha value is -2.60. The van der Waals surface area contributed by atoms with Gasteiger partial charge in [-0.25, -0.2) is 9.59 Å². The first-order valence-electron chi connectivity index (χ1n) is 8.02. The molecule has 0 aliphatic rings. The van der Waals surface area contributed by atoms with Gasteiger partial charge in [0.25, 0.3) is 0 Å². The number of rotatable bonds is 7. The van der Waals surface area contributed by atoms with Gasteiger partial charge in [-0.2, -0.15) is 0 Å². The van der Waals surface area contributed by atoms with Crippen molar-refractivity contribution < 1.29 is 23.8 Å². The van der Waals surface area contributed by atoms with Gasteiger partial charge in [-0.3, -0.25) is 0 Å². The van der Waals surface area contributed by atoms with E-state index in [1.807, 2.05) is 30.3 Å². The number of benzene rings is 1. The fourth-order valence-electron chi connectivity index (χ4n) is 2.72. The maximum absolute atomic E-state index is 12.7. The van der Waals surface area contributed by atoms with E-state index in [-0.39, 0.29) is 6.61 Å². The Kier molecular flexibility index (Phi) is 6.36. The third-order valence-corrected chi connectivity index (χ3v) is 4.06. The summed E-state index contributed by atoms with van der Waals surface area (Å²) in [6.07, 6.45) is 0.607. The van der Waals surface area contributed by atoms with E-state index < -0.39 is 11.9 Å². The summed E-state index contributed by atoms with van der Waals surface area (Å²) in [5, 5.41) is 0. The van der Waals surface area contributed by atoms with Gasteiger partial charge >= 0.3 is 11.9 Å². The predicted octanol–water partition coefficient (Wildman–Crippen LogP) is 2.98. The fourth-order valence-corrected chi connectivity index (χ4v) is 2.72. The van der Waals surface area contributed by atoms with Crippen molar-refractivity contribution in [2.45, 2.75) is 13.3 Å². The van der Waals surface area contributed by atoms with Gasteiger partial charge in [-0.05, 0) is 12.5 Å². The van der Waals surface area contributed by atoms with Crippen LogP contribution < -0.4 is 0 Å². The third kappa shape index (κ3) is 3.91. The van der Waals surface area contributed by atoms with E-state index >= 15 is 0 Å². The summed E-state index contributed by atoms with van der Waals surface area (Å²) in [7, 11) is 4.66. The highest BCUT2D eigenvalue weighted by Crippen LogP contribution is 2.33. The molecular formula is C19H23NO5. The molecule has 0 bridgehead atoms. The van der Waals surface area contributed by atoms with Crippen LogP contribution in [-0.4, -0.2) is 43.9 Å². The van der Waals surface area contributed by atoms with Crippen LogP contribution in [0.3, 0.4) is 0 Å². The Morgan fingerprint density at radius 3 is 2.32 bits per heavy atom. The van der Waals surface area contributed by atoms with Crippen molar-refractivity contribution in [3.05, 3.63) is 47.3 Å². The zero-order valence-electron chi connectivity index (χ0n) is 15.0. The minimum Gasteiger partial charge on any atom is -0.465 e. The number of carbonyl (C=O) groups is 2. The van der Waals surface area contributed by atoms with Crippen molar-refractivity contribution in [1.82, 2.24) is 4.57 Å². The Balaban J connectivity index is 2.51. The van der Waals surface area contributed by atoms with Crippen molar-refractivity contribution >= 4 is 11.9 Å². The third-order valence-electron chi connectivity index (χ3n) is 4.06. The minimum absolute atomic E-state index is 0.249. The molecule has 6 heteroatoms. The van der Waals surface area contributed by atoms with Gasteiger partial charge < -0.3 is 18.8 Å². The van der Waals surface area contributed by atoms with Crippen molar-refractivity contribution in [2.24, 2.45) is 7.05 Å². The topological polar surface area (TPSA) is 66.8 Å². The highest BCUT2D eigenvalue weighted by Gasteiger charge is 2.29. The molecule has 134 valence electrons. The Labute approximate surface area is 147 Å². The van der Waals surface area contributed by atoms with Gasteiger partial charge in [0.1, 0.15) is 5.69 Å². The summed E-state index contributed by atoms with van der Waals surface area (Å²) in [6.45, 7) is 2.54. The van der Waals surface area contributed by atoms with E-state index in [9.17, 15) is 9.59 Å². The second-order valence-corrected chi connectivity index (χ2v) is 5.58. The minimum atomic E-state index is -0.481. The van der Waals surface area contributed by atoms with E-state index in [1.54, 1.807) is 25.6 Å². The normalized spacial score (nSPS) is 10.6. The van der Waals surface area contributed by atoms with E-state index in [2.05, 4.69) is 0 Å². The summed E-state index contributed by atoms with van der Waals surface area (Å²) in [6, 6.07) is 9.28. The highest BCUT2D eigenvalue weighted by molar-refractivity contribution is 6.06. The van der Waals surface area contributed by atoms with Crippen LogP contribution in [0.1, 0.15) is 33.0 Å². The van der Waals surface area contributed by atoms with Gasteiger partial charge in [-0.1, -0.05) is 30.3 Å².